The van der Waals surface area contributed by atoms with Crippen molar-refractivity contribution in [1.29, 1.82) is 0 Å². The van der Waals surface area contributed by atoms with E-state index in [1.165, 1.54) is 0 Å². The average molecular weight is 364 g/mol. The number of ketones is 1. The predicted octanol–water partition coefficient (Wildman–Crippen LogP) is 4.11. The lowest BCUT2D eigenvalue weighted by atomic mass is 9.98. The van der Waals surface area contributed by atoms with Crippen molar-refractivity contribution in [1.82, 2.24) is 9.80 Å². The van der Waals surface area contributed by atoms with Crippen molar-refractivity contribution < 1.29 is 9.59 Å². The zero-order valence-corrected chi connectivity index (χ0v) is 16.4. The first-order valence-corrected chi connectivity index (χ1v) is 9.69. The summed E-state index contributed by atoms with van der Waals surface area (Å²) in [5, 5.41) is 0. The smallest absolute Gasteiger partial charge is 0.253 e. The van der Waals surface area contributed by atoms with Gasteiger partial charge in [-0.3, -0.25) is 9.59 Å². The van der Waals surface area contributed by atoms with Crippen molar-refractivity contribution in [3.8, 4) is 11.1 Å². The molecule has 142 valence electrons. The van der Waals surface area contributed by atoms with E-state index in [4.69, 9.17) is 0 Å². The zero-order chi connectivity index (χ0) is 19.4. The van der Waals surface area contributed by atoms with Gasteiger partial charge in [0.2, 0.25) is 0 Å². The minimum absolute atomic E-state index is 0.0622. The molecule has 2 aromatic rings. The molecule has 27 heavy (non-hydrogen) atoms. The third kappa shape index (κ3) is 4.45. The molecule has 0 aromatic heterocycles. The molecule has 4 heteroatoms. The second kappa shape index (κ2) is 8.49. The first-order valence-electron chi connectivity index (χ1n) is 9.69. The van der Waals surface area contributed by atoms with Gasteiger partial charge in [0.25, 0.3) is 5.91 Å². The number of likely N-dealkylation sites (tertiary alicyclic amines) is 1. The highest BCUT2D eigenvalue weighted by Crippen LogP contribution is 2.24. The Morgan fingerprint density at radius 3 is 2.15 bits per heavy atom. The van der Waals surface area contributed by atoms with Crippen LogP contribution in [0.3, 0.4) is 0 Å². The molecule has 0 N–H and O–H groups in total. The van der Waals surface area contributed by atoms with Crippen molar-refractivity contribution in [2.45, 2.75) is 32.2 Å². The molecule has 1 heterocycles. The SMILES string of the molecule is CCC(=O)c1cccc(-c2cccc(C(=O)N(C)C3CCN(C)CC3)c2)c1. The summed E-state index contributed by atoms with van der Waals surface area (Å²) < 4.78 is 0. The van der Waals surface area contributed by atoms with Crippen molar-refractivity contribution in [3.05, 3.63) is 59.7 Å². The van der Waals surface area contributed by atoms with Gasteiger partial charge in [0, 0.05) is 30.6 Å². The molecular formula is C23H28N2O2. The molecule has 0 saturated carbocycles. The summed E-state index contributed by atoms with van der Waals surface area (Å²) >= 11 is 0. The molecule has 1 aliphatic rings. The number of hydrogen-bond acceptors (Lipinski definition) is 3. The van der Waals surface area contributed by atoms with Crippen LogP contribution in [0.25, 0.3) is 11.1 Å². The molecule has 0 aliphatic carbocycles. The average Bonchev–Trinajstić information content (AvgIpc) is 2.73. The maximum Gasteiger partial charge on any atom is 0.253 e. The second-order valence-electron chi connectivity index (χ2n) is 7.39. The van der Waals surface area contributed by atoms with E-state index in [0.717, 1.165) is 42.6 Å². The van der Waals surface area contributed by atoms with Gasteiger partial charge < -0.3 is 9.80 Å². The quantitative estimate of drug-likeness (QED) is 0.750. The second-order valence-corrected chi connectivity index (χ2v) is 7.39. The number of benzene rings is 2. The van der Waals surface area contributed by atoms with Gasteiger partial charge >= 0.3 is 0 Å². The summed E-state index contributed by atoms with van der Waals surface area (Å²) in [7, 11) is 4.03. The van der Waals surface area contributed by atoms with Crippen LogP contribution in [-0.2, 0) is 0 Å². The fourth-order valence-electron chi connectivity index (χ4n) is 3.66. The van der Waals surface area contributed by atoms with Crippen molar-refractivity contribution >= 4 is 11.7 Å². The molecule has 1 aliphatic heterocycles. The third-order valence-corrected chi connectivity index (χ3v) is 5.50. The van der Waals surface area contributed by atoms with E-state index in [1.807, 2.05) is 67.4 Å². The van der Waals surface area contributed by atoms with Crippen LogP contribution in [0.4, 0.5) is 0 Å². The molecule has 1 fully saturated rings. The van der Waals surface area contributed by atoms with Crippen LogP contribution in [0.5, 0.6) is 0 Å². The van der Waals surface area contributed by atoms with Gasteiger partial charge in [-0.2, -0.15) is 0 Å². The van der Waals surface area contributed by atoms with Crippen LogP contribution in [0.15, 0.2) is 48.5 Å². The molecule has 0 radical (unpaired) electrons. The molecule has 0 spiro atoms. The first kappa shape index (κ1) is 19.3. The van der Waals surface area contributed by atoms with Gasteiger partial charge in [-0.25, -0.2) is 0 Å². The van der Waals surface area contributed by atoms with Gasteiger partial charge in [-0.15, -0.1) is 0 Å². The van der Waals surface area contributed by atoms with Gasteiger partial charge in [-0.05, 0) is 62.3 Å². The lowest BCUT2D eigenvalue weighted by Gasteiger charge is -2.35. The first-order chi connectivity index (χ1) is 13.0. The largest absolute Gasteiger partial charge is 0.339 e. The fraction of sp³-hybridized carbons (Fsp3) is 0.391. The monoisotopic (exact) mass is 364 g/mol. The van der Waals surface area contributed by atoms with Crippen LogP contribution in [-0.4, -0.2) is 54.7 Å². The summed E-state index contributed by atoms with van der Waals surface area (Å²) in [4.78, 5) is 29.2. The summed E-state index contributed by atoms with van der Waals surface area (Å²) in [6, 6.07) is 15.6. The minimum Gasteiger partial charge on any atom is -0.339 e. The van der Waals surface area contributed by atoms with Crippen LogP contribution >= 0.6 is 0 Å². The molecule has 4 nitrogen and oxygen atoms in total. The molecule has 0 bridgehead atoms. The highest BCUT2D eigenvalue weighted by molar-refractivity contribution is 5.98. The lowest BCUT2D eigenvalue weighted by molar-refractivity contribution is 0.0659. The number of hydrogen-bond donors (Lipinski definition) is 0. The maximum atomic E-state index is 13.0. The third-order valence-electron chi connectivity index (χ3n) is 5.50. The van der Waals surface area contributed by atoms with Crippen molar-refractivity contribution in [2.75, 3.05) is 27.2 Å². The van der Waals surface area contributed by atoms with Crippen LogP contribution < -0.4 is 0 Å². The Bertz CT molecular complexity index is 823. The zero-order valence-electron chi connectivity index (χ0n) is 16.4. The molecule has 1 saturated heterocycles. The minimum atomic E-state index is 0.0622. The lowest BCUT2D eigenvalue weighted by Crippen LogP contribution is -2.44. The van der Waals surface area contributed by atoms with Gasteiger partial charge in [0.05, 0.1) is 0 Å². The fourth-order valence-corrected chi connectivity index (χ4v) is 3.66. The van der Waals surface area contributed by atoms with E-state index in [1.54, 1.807) is 0 Å². The predicted molar refractivity (Wildman–Crippen MR) is 109 cm³/mol. The number of carbonyl (C=O) groups excluding carboxylic acids is 2. The van der Waals surface area contributed by atoms with Gasteiger partial charge in [0.15, 0.2) is 5.78 Å². The van der Waals surface area contributed by atoms with Gasteiger partial charge in [0.1, 0.15) is 0 Å². The molecule has 1 amide bonds. The number of carbonyl (C=O) groups is 2. The van der Waals surface area contributed by atoms with E-state index >= 15 is 0 Å². The van der Waals surface area contributed by atoms with Crippen LogP contribution in [0.2, 0.25) is 0 Å². The Morgan fingerprint density at radius 1 is 1.00 bits per heavy atom. The standard InChI is InChI=1S/C23H28N2O2/c1-4-22(26)19-9-5-7-17(15-19)18-8-6-10-20(16-18)23(27)25(3)21-11-13-24(2)14-12-21/h5-10,15-16,21H,4,11-14H2,1-3H3. The molecule has 2 aromatic carbocycles. The van der Waals surface area contributed by atoms with Crippen LogP contribution in [0, 0.1) is 0 Å². The molecule has 0 atom stereocenters. The molecule has 3 rings (SSSR count). The summed E-state index contributed by atoms with van der Waals surface area (Å²) in [5.74, 6) is 0.193. The van der Waals surface area contributed by atoms with E-state index in [9.17, 15) is 9.59 Å². The number of Topliss-reactive ketones (excluding diaryl/α,β-unsaturated/α-hetero) is 1. The number of piperidine rings is 1. The van der Waals surface area contributed by atoms with Gasteiger partial charge in [-0.1, -0.05) is 37.3 Å². The summed E-state index contributed by atoms with van der Waals surface area (Å²) in [6.45, 7) is 3.92. The molecule has 0 unspecified atom stereocenters. The maximum absolute atomic E-state index is 13.0. The molecular weight excluding hydrogens is 336 g/mol. The van der Waals surface area contributed by atoms with E-state index in [-0.39, 0.29) is 11.7 Å². The highest BCUT2D eigenvalue weighted by Gasteiger charge is 2.24. The van der Waals surface area contributed by atoms with E-state index in [2.05, 4.69) is 11.9 Å². The Balaban J connectivity index is 1.81. The van der Waals surface area contributed by atoms with Crippen LogP contribution in [0.1, 0.15) is 46.9 Å². The topological polar surface area (TPSA) is 40.6 Å². The Labute approximate surface area is 161 Å². The summed E-state index contributed by atoms with van der Waals surface area (Å²) in [6.07, 6.45) is 2.52. The van der Waals surface area contributed by atoms with Crippen molar-refractivity contribution in [3.63, 3.8) is 0 Å². The number of nitrogens with zero attached hydrogens (tertiary/aromatic N) is 2. The number of amides is 1. The van der Waals surface area contributed by atoms with E-state index in [0.29, 0.717) is 18.0 Å². The highest BCUT2D eigenvalue weighted by atomic mass is 16.2. The Morgan fingerprint density at radius 2 is 1.56 bits per heavy atom. The number of rotatable bonds is 5. The normalized spacial score (nSPS) is 15.5. The summed E-state index contributed by atoms with van der Waals surface area (Å²) in [5.41, 5.74) is 3.34. The Hall–Kier alpha value is -2.46. The van der Waals surface area contributed by atoms with Crippen molar-refractivity contribution in [2.24, 2.45) is 0 Å². The Kier molecular flexibility index (Phi) is 6.07. The van der Waals surface area contributed by atoms with E-state index < -0.39 is 0 Å².